The molecule has 0 radical (unpaired) electrons. The first-order valence-electron chi connectivity index (χ1n) is 4.37. The zero-order valence-corrected chi connectivity index (χ0v) is 9.40. The number of hydrogen-bond acceptors (Lipinski definition) is 3. The minimum absolute atomic E-state index is 0.180. The van der Waals surface area contributed by atoms with E-state index in [1.165, 1.54) is 6.21 Å². The first-order chi connectivity index (χ1) is 7.22. The van der Waals surface area contributed by atoms with Gasteiger partial charge in [0.1, 0.15) is 5.75 Å². The third kappa shape index (κ3) is 1.80. The van der Waals surface area contributed by atoms with E-state index in [0.29, 0.717) is 5.56 Å². The molecule has 0 unspecified atom stereocenters. The first-order valence-corrected chi connectivity index (χ1v) is 5.16. The van der Waals surface area contributed by atoms with Crippen molar-refractivity contribution in [1.82, 2.24) is 0 Å². The fourth-order valence-electron chi connectivity index (χ4n) is 1.52. The van der Waals surface area contributed by atoms with Gasteiger partial charge in [0, 0.05) is 10.0 Å². The van der Waals surface area contributed by atoms with Crippen molar-refractivity contribution in [2.75, 3.05) is 0 Å². The van der Waals surface area contributed by atoms with Crippen LogP contribution in [0.1, 0.15) is 5.56 Å². The van der Waals surface area contributed by atoms with Gasteiger partial charge >= 0.3 is 0 Å². The van der Waals surface area contributed by atoms with Crippen LogP contribution in [0.25, 0.3) is 10.8 Å². The van der Waals surface area contributed by atoms with Gasteiger partial charge in [-0.15, -0.1) is 0 Å². The zero-order chi connectivity index (χ0) is 10.8. The van der Waals surface area contributed by atoms with Crippen LogP contribution in [0.2, 0.25) is 0 Å². The number of hydrogen-bond donors (Lipinski definition) is 2. The second kappa shape index (κ2) is 3.90. The molecule has 0 aliphatic carbocycles. The Morgan fingerprint density at radius 3 is 2.80 bits per heavy atom. The summed E-state index contributed by atoms with van der Waals surface area (Å²) < 4.78 is 0.997. The molecule has 0 saturated heterocycles. The third-order valence-electron chi connectivity index (χ3n) is 2.20. The smallest absolute Gasteiger partial charge is 0.125 e. The van der Waals surface area contributed by atoms with Crippen LogP contribution in [0.3, 0.4) is 0 Å². The molecule has 0 saturated carbocycles. The number of halogens is 1. The van der Waals surface area contributed by atoms with Crippen LogP contribution in [-0.2, 0) is 0 Å². The second-order valence-corrected chi connectivity index (χ2v) is 4.06. The summed E-state index contributed by atoms with van der Waals surface area (Å²) in [6.45, 7) is 0. The predicted octanol–water partition coefficient (Wildman–Crippen LogP) is 2.60. The SMILES string of the molecule is NN=Cc1c(O)ccc2cc(Br)ccc12. The Kier molecular flexibility index (Phi) is 2.60. The van der Waals surface area contributed by atoms with Gasteiger partial charge in [0.05, 0.1) is 6.21 Å². The maximum atomic E-state index is 9.65. The number of benzene rings is 2. The molecule has 0 heterocycles. The van der Waals surface area contributed by atoms with Crippen LogP contribution < -0.4 is 5.84 Å². The van der Waals surface area contributed by atoms with Crippen molar-refractivity contribution in [3.05, 3.63) is 40.4 Å². The van der Waals surface area contributed by atoms with E-state index in [-0.39, 0.29) is 5.75 Å². The molecule has 3 N–H and O–H groups in total. The lowest BCUT2D eigenvalue weighted by atomic mass is 10.0. The molecule has 0 amide bonds. The molecular weight excluding hydrogens is 256 g/mol. The predicted molar refractivity (Wildman–Crippen MR) is 65.1 cm³/mol. The standard InChI is InChI=1S/C11H9BrN2O/c12-8-2-3-9-7(5-8)1-4-11(15)10(9)6-14-13/h1-6,15H,13H2. The Morgan fingerprint density at radius 2 is 2.07 bits per heavy atom. The molecular formula is C11H9BrN2O. The number of nitrogens with zero attached hydrogens (tertiary/aromatic N) is 1. The normalized spacial score (nSPS) is 11.3. The van der Waals surface area contributed by atoms with E-state index in [2.05, 4.69) is 21.0 Å². The van der Waals surface area contributed by atoms with Crippen molar-refractivity contribution in [1.29, 1.82) is 0 Å². The highest BCUT2D eigenvalue weighted by molar-refractivity contribution is 9.10. The van der Waals surface area contributed by atoms with Crippen molar-refractivity contribution >= 4 is 32.9 Å². The number of phenolic OH excluding ortho intramolecular Hbond substituents is 1. The van der Waals surface area contributed by atoms with Crippen molar-refractivity contribution in [2.45, 2.75) is 0 Å². The van der Waals surface area contributed by atoms with Gasteiger partial charge in [-0.3, -0.25) is 0 Å². The van der Waals surface area contributed by atoms with E-state index < -0.39 is 0 Å². The highest BCUT2D eigenvalue weighted by Crippen LogP contribution is 2.27. The van der Waals surface area contributed by atoms with E-state index in [1.807, 2.05) is 24.3 Å². The van der Waals surface area contributed by atoms with Crippen LogP contribution in [-0.4, -0.2) is 11.3 Å². The lowest BCUT2D eigenvalue weighted by Gasteiger charge is -2.04. The van der Waals surface area contributed by atoms with Gasteiger partial charge in [0.15, 0.2) is 0 Å². The molecule has 0 fully saturated rings. The Morgan fingerprint density at radius 1 is 1.27 bits per heavy atom. The topological polar surface area (TPSA) is 58.6 Å². The number of phenols is 1. The van der Waals surface area contributed by atoms with Gasteiger partial charge in [0.2, 0.25) is 0 Å². The van der Waals surface area contributed by atoms with E-state index in [0.717, 1.165) is 15.2 Å². The van der Waals surface area contributed by atoms with Gasteiger partial charge in [-0.1, -0.05) is 28.1 Å². The van der Waals surface area contributed by atoms with Gasteiger partial charge in [-0.05, 0) is 29.0 Å². The largest absolute Gasteiger partial charge is 0.507 e. The maximum absolute atomic E-state index is 9.65. The minimum Gasteiger partial charge on any atom is -0.507 e. The van der Waals surface area contributed by atoms with E-state index in [1.54, 1.807) is 6.07 Å². The fraction of sp³-hybridized carbons (Fsp3) is 0. The number of aromatic hydroxyl groups is 1. The summed E-state index contributed by atoms with van der Waals surface area (Å²) in [5, 5.41) is 15.0. The summed E-state index contributed by atoms with van der Waals surface area (Å²) in [7, 11) is 0. The average molecular weight is 265 g/mol. The highest BCUT2D eigenvalue weighted by atomic mass is 79.9. The summed E-state index contributed by atoms with van der Waals surface area (Å²) in [5.74, 6) is 5.28. The Bertz CT molecular complexity index is 537. The molecule has 2 aromatic carbocycles. The molecule has 0 bridgehead atoms. The molecule has 0 atom stereocenters. The zero-order valence-electron chi connectivity index (χ0n) is 7.81. The third-order valence-corrected chi connectivity index (χ3v) is 2.70. The number of rotatable bonds is 1. The van der Waals surface area contributed by atoms with Crippen LogP contribution in [0, 0.1) is 0 Å². The molecule has 2 rings (SSSR count). The molecule has 0 aliphatic heterocycles. The average Bonchev–Trinajstić information content (AvgIpc) is 2.22. The monoisotopic (exact) mass is 264 g/mol. The number of nitrogens with two attached hydrogens (primary N) is 1. The van der Waals surface area contributed by atoms with E-state index in [4.69, 9.17) is 5.84 Å². The molecule has 15 heavy (non-hydrogen) atoms. The molecule has 0 spiro atoms. The summed E-state index contributed by atoms with van der Waals surface area (Å²) in [6.07, 6.45) is 1.45. The van der Waals surface area contributed by atoms with E-state index in [9.17, 15) is 5.11 Å². The Hall–Kier alpha value is -1.55. The van der Waals surface area contributed by atoms with Crippen LogP contribution in [0.15, 0.2) is 39.9 Å². The maximum Gasteiger partial charge on any atom is 0.125 e. The van der Waals surface area contributed by atoms with Gasteiger partial charge in [-0.25, -0.2) is 0 Å². The molecule has 0 aliphatic rings. The van der Waals surface area contributed by atoms with Gasteiger partial charge in [0.25, 0.3) is 0 Å². The van der Waals surface area contributed by atoms with Crippen LogP contribution in [0.4, 0.5) is 0 Å². The summed E-state index contributed by atoms with van der Waals surface area (Å²) in [5.41, 5.74) is 0.641. The Labute approximate surface area is 95.3 Å². The molecule has 2 aromatic rings. The number of hydrazone groups is 1. The van der Waals surface area contributed by atoms with Crippen molar-refractivity contribution < 1.29 is 5.11 Å². The molecule has 76 valence electrons. The summed E-state index contributed by atoms with van der Waals surface area (Å²) in [4.78, 5) is 0. The molecule has 0 aromatic heterocycles. The summed E-state index contributed by atoms with van der Waals surface area (Å²) in [6, 6.07) is 9.28. The minimum atomic E-state index is 0.180. The molecule has 4 heteroatoms. The second-order valence-electron chi connectivity index (χ2n) is 3.14. The van der Waals surface area contributed by atoms with Gasteiger partial charge in [-0.2, -0.15) is 5.10 Å². The van der Waals surface area contributed by atoms with Crippen molar-refractivity contribution in [3.8, 4) is 5.75 Å². The van der Waals surface area contributed by atoms with Crippen molar-refractivity contribution in [2.24, 2.45) is 10.9 Å². The molecule has 3 nitrogen and oxygen atoms in total. The first kappa shape index (κ1) is 9.98. The Balaban J connectivity index is 2.81. The highest BCUT2D eigenvalue weighted by Gasteiger charge is 2.04. The quantitative estimate of drug-likeness (QED) is 0.473. The van der Waals surface area contributed by atoms with Crippen LogP contribution in [0.5, 0.6) is 5.75 Å². The van der Waals surface area contributed by atoms with Crippen LogP contribution >= 0.6 is 15.9 Å². The van der Waals surface area contributed by atoms with Gasteiger partial charge < -0.3 is 10.9 Å². The lowest BCUT2D eigenvalue weighted by Crippen LogP contribution is -1.89. The van der Waals surface area contributed by atoms with E-state index >= 15 is 0 Å². The summed E-state index contributed by atoms with van der Waals surface area (Å²) >= 11 is 3.39. The van der Waals surface area contributed by atoms with Crippen molar-refractivity contribution in [3.63, 3.8) is 0 Å². The lowest BCUT2D eigenvalue weighted by molar-refractivity contribution is 0.475. The number of fused-ring (bicyclic) bond motifs is 1. The fourth-order valence-corrected chi connectivity index (χ4v) is 1.90.